The molecule has 3 nitrogen and oxygen atoms in total. The summed E-state index contributed by atoms with van der Waals surface area (Å²) in [7, 11) is 1.65. The van der Waals surface area contributed by atoms with Gasteiger partial charge in [-0.05, 0) is 25.7 Å². The molecule has 0 heterocycles. The molecule has 0 aliphatic heterocycles. The van der Waals surface area contributed by atoms with E-state index in [1.807, 2.05) is 0 Å². The van der Waals surface area contributed by atoms with Gasteiger partial charge in [0, 0.05) is 19.2 Å². The van der Waals surface area contributed by atoms with Crippen molar-refractivity contribution in [2.75, 3.05) is 7.05 Å². The van der Waals surface area contributed by atoms with Crippen molar-refractivity contribution in [2.24, 2.45) is 16.8 Å². The number of hydrogen-bond donors (Lipinski definition) is 2. The summed E-state index contributed by atoms with van der Waals surface area (Å²) in [6.07, 6.45) is 3.89. The van der Waals surface area contributed by atoms with E-state index in [9.17, 15) is 10.2 Å². The second kappa shape index (κ2) is 4.41. The van der Waals surface area contributed by atoms with Crippen LogP contribution in [0.1, 0.15) is 33.1 Å². The fourth-order valence-corrected chi connectivity index (χ4v) is 2.39. The summed E-state index contributed by atoms with van der Waals surface area (Å²) in [6.45, 7) is 3.87. The van der Waals surface area contributed by atoms with Crippen molar-refractivity contribution < 1.29 is 10.2 Å². The Morgan fingerprint density at radius 2 is 2.07 bits per heavy atom. The summed E-state index contributed by atoms with van der Waals surface area (Å²) in [4.78, 5) is 3.85. The van der Waals surface area contributed by atoms with Gasteiger partial charge in [-0.15, -0.1) is 0 Å². The molecular formula is C11H21NO2. The fourth-order valence-electron chi connectivity index (χ4n) is 2.39. The number of hydrogen-bond acceptors (Lipinski definition) is 3. The lowest BCUT2D eigenvalue weighted by atomic mass is 9.73. The van der Waals surface area contributed by atoms with Gasteiger partial charge in [0.15, 0.2) is 0 Å². The number of aliphatic hydroxyl groups is 2. The van der Waals surface area contributed by atoms with Gasteiger partial charge in [0.1, 0.15) is 5.60 Å². The minimum atomic E-state index is -0.964. The summed E-state index contributed by atoms with van der Waals surface area (Å²) < 4.78 is 0. The highest BCUT2D eigenvalue weighted by molar-refractivity contribution is 5.68. The van der Waals surface area contributed by atoms with E-state index in [-0.39, 0.29) is 5.92 Å². The minimum absolute atomic E-state index is 0.0672. The Bertz CT molecular complexity index is 213. The van der Waals surface area contributed by atoms with Crippen LogP contribution in [0.5, 0.6) is 0 Å². The van der Waals surface area contributed by atoms with Crippen molar-refractivity contribution in [3.05, 3.63) is 0 Å². The smallest absolute Gasteiger partial charge is 0.102 e. The molecule has 14 heavy (non-hydrogen) atoms. The molecule has 1 unspecified atom stereocenters. The summed E-state index contributed by atoms with van der Waals surface area (Å²) in [5.41, 5.74) is -0.964. The third-order valence-electron chi connectivity index (χ3n) is 3.22. The van der Waals surface area contributed by atoms with Gasteiger partial charge < -0.3 is 10.2 Å². The van der Waals surface area contributed by atoms with Gasteiger partial charge in [0.25, 0.3) is 0 Å². The Morgan fingerprint density at radius 1 is 1.43 bits per heavy atom. The summed E-state index contributed by atoms with van der Waals surface area (Å²) >= 11 is 0. The highest BCUT2D eigenvalue weighted by atomic mass is 16.3. The van der Waals surface area contributed by atoms with E-state index >= 15 is 0 Å². The standard InChI is InChI=1S/C11H21NO2/c1-8-4-5-9(10(13)6-8)11(2,14)7-12-3/h7-10,13-14H,4-6H2,1-3H3/t8-,9-,10-,11?/m1/s1. The van der Waals surface area contributed by atoms with E-state index in [0.717, 1.165) is 19.3 Å². The molecule has 2 N–H and O–H groups in total. The van der Waals surface area contributed by atoms with Crippen LogP contribution >= 0.6 is 0 Å². The monoisotopic (exact) mass is 199 g/mol. The van der Waals surface area contributed by atoms with Gasteiger partial charge in [0.2, 0.25) is 0 Å². The van der Waals surface area contributed by atoms with Crippen molar-refractivity contribution >= 4 is 6.21 Å². The molecule has 0 saturated heterocycles. The van der Waals surface area contributed by atoms with Crippen molar-refractivity contribution in [3.8, 4) is 0 Å². The highest BCUT2D eigenvalue weighted by Crippen LogP contribution is 2.34. The summed E-state index contributed by atoms with van der Waals surface area (Å²) in [5.74, 6) is 0.498. The number of aliphatic hydroxyl groups excluding tert-OH is 1. The van der Waals surface area contributed by atoms with Crippen molar-refractivity contribution in [3.63, 3.8) is 0 Å². The zero-order valence-electron chi connectivity index (χ0n) is 9.27. The van der Waals surface area contributed by atoms with E-state index < -0.39 is 11.7 Å². The van der Waals surface area contributed by atoms with Gasteiger partial charge in [-0.1, -0.05) is 13.3 Å². The zero-order valence-corrected chi connectivity index (χ0v) is 9.27. The van der Waals surface area contributed by atoms with Gasteiger partial charge in [-0.25, -0.2) is 0 Å². The molecule has 3 heteroatoms. The minimum Gasteiger partial charge on any atom is -0.393 e. The predicted octanol–water partition coefficient (Wildman–Crippen LogP) is 1.24. The van der Waals surface area contributed by atoms with Gasteiger partial charge in [-0.3, -0.25) is 4.99 Å². The normalized spacial score (nSPS) is 38.5. The third-order valence-corrected chi connectivity index (χ3v) is 3.22. The van der Waals surface area contributed by atoms with Crippen molar-refractivity contribution in [1.82, 2.24) is 0 Å². The molecule has 82 valence electrons. The second-order valence-electron chi connectivity index (χ2n) is 4.71. The molecule has 0 bridgehead atoms. The third kappa shape index (κ3) is 2.55. The number of nitrogens with zero attached hydrogens (tertiary/aromatic N) is 1. The van der Waals surface area contributed by atoms with E-state index in [0.29, 0.717) is 5.92 Å². The van der Waals surface area contributed by atoms with Crippen LogP contribution in [0.2, 0.25) is 0 Å². The first-order valence-corrected chi connectivity index (χ1v) is 5.31. The Kier molecular flexibility index (Phi) is 3.67. The van der Waals surface area contributed by atoms with E-state index in [1.54, 1.807) is 14.0 Å². The lowest BCUT2D eigenvalue weighted by Gasteiger charge is -2.38. The Morgan fingerprint density at radius 3 is 2.57 bits per heavy atom. The molecule has 4 atom stereocenters. The summed E-state index contributed by atoms with van der Waals surface area (Å²) in [6, 6.07) is 0. The predicted molar refractivity (Wildman–Crippen MR) is 57.6 cm³/mol. The molecule has 1 fully saturated rings. The van der Waals surface area contributed by atoms with Gasteiger partial charge in [-0.2, -0.15) is 0 Å². The average molecular weight is 199 g/mol. The maximum Gasteiger partial charge on any atom is 0.102 e. The van der Waals surface area contributed by atoms with Crippen molar-refractivity contribution in [2.45, 2.75) is 44.8 Å². The van der Waals surface area contributed by atoms with Crippen LogP contribution in [0.15, 0.2) is 4.99 Å². The number of rotatable bonds is 2. The first-order valence-electron chi connectivity index (χ1n) is 5.31. The lowest BCUT2D eigenvalue weighted by molar-refractivity contribution is -0.0434. The van der Waals surface area contributed by atoms with Crippen LogP contribution in [0.3, 0.4) is 0 Å². The molecule has 1 saturated carbocycles. The Labute approximate surface area is 85.9 Å². The van der Waals surface area contributed by atoms with E-state index in [1.165, 1.54) is 6.21 Å². The maximum absolute atomic E-state index is 10.1. The fraction of sp³-hybridized carbons (Fsp3) is 0.909. The second-order valence-corrected chi connectivity index (χ2v) is 4.71. The average Bonchev–Trinajstić information content (AvgIpc) is 2.02. The summed E-state index contributed by atoms with van der Waals surface area (Å²) in [5, 5.41) is 20.0. The highest BCUT2D eigenvalue weighted by Gasteiger charge is 2.38. The Balaban J connectivity index is 2.68. The van der Waals surface area contributed by atoms with Crippen molar-refractivity contribution in [1.29, 1.82) is 0 Å². The molecule has 0 amide bonds. The lowest BCUT2D eigenvalue weighted by Crippen LogP contribution is -2.46. The molecule has 0 aromatic carbocycles. The van der Waals surface area contributed by atoms with E-state index in [4.69, 9.17) is 0 Å². The van der Waals surface area contributed by atoms with E-state index in [2.05, 4.69) is 11.9 Å². The molecule has 1 rings (SSSR count). The largest absolute Gasteiger partial charge is 0.393 e. The van der Waals surface area contributed by atoms with Gasteiger partial charge >= 0.3 is 0 Å². The zero-order chi connectivity index (χ0) is 10.8. The van der Waals surface area contributed by atoms with Gasteiger partial charge in [0.05, 0.1) is 6.10 Å². The van der Waals surface area contributed by atoms with Crippen LogP contribution in [0.4, 0.5) is 0 Å². The molecular weight excluding hydrogens is 178 g/mol. The quantitative estimate of drug-likeness (QED) is 0.657. The molecule has 1 aliphatic rings. The van der Waals surface area contributed by atoms with Crippen LogP contribution in [0, 0.1) is 11.8 Å². The molecule has 0 aromatic heterocycles. The SMILES string of the molecule is CN=CC(C)(O)[C@@H]1CC[C@@H](C)C[C@H]1O. The molecule has 0 aromatic rings. The maximum atomic E-state index is 10.1. The van der Waals surface area contributed by atoms with Crippen LogP contribution in [0.25, 0.3) is 0 Å². The first-order chi connectivity index (χ1) is 6.47. The molecule has 0 spiro atoms. The molecule has 0 radical (unpaired) electrons. The van der Waals surface area contributed by atoms with Crippen LogP contribution < -0.4 is 0 Å². The first kappa shape index (κ1) is 11.7. The van der Waals surface area contributed by atoms with Crippen LogP contribution in [-0.2, 0) is 0 Å². The topological polar surface area (TPSA) is 52.8 Å². The number of aliphatic imine (C=N–C) groups is 1. The molecule has 1 aliphatic carbocycles. The Hall–Kier alpha value is -0.410. The van der Waals surface area contributed by atoms with Crippen LogP contribution in [-0.4, -0.2) is 35.2 Å².